The maximum atomic E-state index is 10.8. The third-order valence-electron chi connectivity index (χ3n) is 3.83. The van der Waals surface area contributed by atoms with Crippen molar-refractivity contribution in [1.82, 2.24) is 0 Å². The smallest absolute Gasteiger partial charge is 0.330 e. The molecule has 0 aromatic heterocycles. The lowest BCUT2D eigenvalue weighted by Crippen LogP contribution is -2.17. The van der Waals surface area contributed by atoms with Gasteiger partial charge in [-0.05, 0) is 57.9 Å². The molecule has 0 saturated heterocycles. The van der Waals surface area contributed by atoms with Crippen LogP contribution in [0.25, 0.3) is 5.57 Å². The van der Waals surface area contributed by atoms with Gasteiger partial charge in [0.15, 0.2) is 0 Å². The summed E-state index contributed by atoms with van der Waals surface area (Å²) in [5.74, 6) is 0.739. The Morgan fingerprint density at radius 1 is 1.31 bits per heavy atom. The Labute approximate surface area is 158 Å². The molecule has 0 spiro atoms. The minimum Gasteiger partial charge on any atom is -0.492 e. The Hall–Kier alpha value is -2.29. The number of carbonyl (C=O) groups excluding carboxylic acids is 1. The van der Waals surface area contributed by atoms with Crippen molar-refractivity contribution in [2.45, 2.75) is 48.5 Å². The van der Waals surface area contributed by atoms with Gasteiger partial charge in [-0.15, -0.1) is 0 Å². The average Bonchev–Trinajstić information content (AvgIpc) is 2.64. The van der Waals surface area contributed by atoms with E-state index in [-0.39, 0.29) is 11.4 Å². The van der Waals surface area contributed by atoms with Gasteiger partial charge in [-0.3, -0.25) is 0 Å². The topological polar surface area (TPSA) is 35.5 Å². The summed E-state index contributed by atoms with van der Waals surface area (Å²) in [7, 11) is 0. The van der Waals surface area contributed by atoms with E-state index >= 15 is 0 Å². The van der Waals surface area contributed by atoms with Crippen molar-refractivity contribution in [2.75, 3.05) is 13.2 Å². The summed E-state index contributed by atoms with van der Waals surface area (Å²) >= 11 is 0. The molecule has 0 bridgehead atoms. The van der Waals surface area contributed by atoms with Gasteiger partial charge in [-0.1, -0.05) is 43.7 Å². The van der Waals surface area contributed by atoms with E-state index in [9.17, 15) is 4.79 Å². The molecule has 3 heteroatoms. The van der Waals surface area contributed by atoms with Gasteiger partial charge < -0.3 is 9.47 Å². The van der Waals surface area contributed by atoms with Gasteiger partial charge in [0.2, 0.25) is 0 Å². The second-order valence-corrected chi connectivity index (χ2v) is 7.24. The Kier molecular flexibility index (Phi) is 8.37. The van der Waals surface area contributed by atoms with Crippen LogP contribution in [-0.2, 0) is 9.53 Å². The Bertz CT molecular complexity index is 706. The van der Waals surface area contributed by atoms with E-state index in [4.69, 9.17) is 9.47 Å². The summed E-state index contributed by atoms with van der Waals surface area (Å²) in [6.45, 7) is 15.4. The minimum absolute atomic E-state index is 0.122. The van der Waals surface area contributed by atoms with Crippen LogP contribution in [0.1, 0.15) is 52.7 Å². The van der Waals surface area contributed by atoms with E-state index in [0.29, 0.717) is 6.61 Å². The first-order valence-electron chi connectivity index (χ1n) is 9.09. The number of ether oxygens (including phenoxy) is 2. The molecule has 0 N–H and O–H groups in total. The fourth-order valence-electron chi connectivity index (χ4n) is 2.73. The number of esters is 1. The highest BCUT2D eigenvalue weighted by atomic mass is 16.5. The third-order valence-corrected chi connectivity index (χ3v) is 3.83. The van der Waals surface area contributed by atoms with E-state index in [2.05, 4.69) is 52.0 Å². The van der Waals surface area contributed by atoms with Gasteiger partial charge in [0, 0.05) is 17.1 Å². The number of allylic oxidation sites excluding steroid dienone is 4. The van der Waals surface area contributed by atoms with Crippen molar-refractivity contribution in [1.29, 1.82) is 0 Å². The van der Waals surface area contributed by atoms with Crippen LogP contribution >= 0.6 is 0 Å². The molecule has 1 aromatic carbocycles. The molecule has 0 saturated carbocycles. The van der Waals surface area contributed by atoms with Crippen LogP contribution in [-0.4, -0.2) is 19.2 Å². The van der Waals surface area contributed by atoms with Gasteiger partial charge in [-0.2, -0.15) is 0 Å². The molecule has 26 heavy (non-hydrogen) atoms. The summed E-state index contributed by atoms with van der Waals surface area (Å²) in [6, 6.07) is 6.37. The highest BCUT2D eigenvalue weighted by Gasteiger charge is 2.21. The van der Waals surface area contributed by atoms with Crippen molar-refractivity contribution >= 4 is 11.5 Å². The first-order chi connectivity index (χ1) is 12.2. The Morgan fingerprint density at radius 3 is 2.62 bits per heavy atom. The normalized spacial score (nSPS) is 15.8. The summed E-state index contributed by atoms with van der Waals surface area (Å²) in [5, 5.41) is 0. The van der Waals surface area contributed by atoms with E-state index in [1.54, 1.807) is 6.92 Å². The lowest BCUT2D eigenvalue weighted by Gasteiger charge is -2.18. The van der Waals surface area contributed by atoms with E-state index in [1.807, 2.05) is 26.0 Å². The quantitative estimate of drug-likeness (QED) is 0.385. The van der Waals surface area contributed by atoms with Crippen LogP contribution in [0.15, 0.2) is 48.1 Å². The van der Waals surface area contributed by atoms with Gasteiger partial charge in [0.25, 0.3) is 0 Å². The van der Waals surface area contributed by atoms with Crippen molar-refractivity contribution in [3.05, 3.63) is 59.2 Å². The molecule has 0 atom stereocenters. The number of rotatable bonds is 3. The predicted octanol–water partition coefficient (Wildman–Crippen LogP) is 5.89. The lowest BCUT2D eigenvalue weighted by atomic mass is 9.91. The fourth-order valence-corrected chi connectivity index (χ4v) is 2.73. The highest BCUT2D eigenvalue weighted by Crippen LogP contribution is 2.35. The molecule has 1 aromatic rings. The van der Waals surface area contributed by atoms with Gasteiger partial charge in [-0.25, -0.2) is 4.79 Å². The second kappa shape index (κ2) is 10.0. The van der Waals surface area contributed by atoms with Crippen LogP contribution < -0.4 is 4.74 Å². The molecule has 1 aliphatic rings. The summed E-state index contributed by atoms with van der Waals surface area (Å²) in [6.07, 6.45) is 7.52. The molecule has 0 amide bonds. The van der Waals surface area contributed by atoms with Gasteiger partial charge in [0.05, 0.1) is 13.2 Å². The molecular formula is C23H32O3. The number of aryl methyl sites for hydroxylation is 1. The zero-order valence-electron chi connectivity index (χ0n) is 17.2. The molecule has 2 rings (SSSR count). The van der Waals surface area contributed by atoms with E-state index < -0.39 is 0 Å². The monoisotopic (exact) mass is 356 g/mol. The number of fused-ring (bicyclic) bond motifs is 1. The first kappa shape index (κ1) is 21.8. The molecule has 0 unspecified atom stereocenters. The average molecular weight is 357 g/mol. The van der Waals surface area contributed by atoms with E-state index in [1.165, 1.54) is 22.8 Å². The van der Waals surface area contributed by atoms with E-state index in [0.717, 1.165) is 17.9 Å². The standard InChI is InChI=1S/C14H18O.C9H14O2/c1-10-5-6-13-12(7-10)11(2)8-14(3,4)9-15-13;1-4-6-8(3)7-9(10)11-5-2/h5-8H,9H2,1-4H3;4,6-7H,5H2,1-3H3/b;6-4+,8-7+. The molecule has 0 fully saturated rings. The maximum absolute atomic E-state index is 10.8. The maximum Gasteiger partial charge on any atom is 0.330 e. The molecule has 1 heterocycles. The van der Waals surface area contributed by atoms with Crippen molar-refractivity contribution < 1.29 is 14.3 Å². The minimum atomic E-state index is -0.275. The third kappa shape index (κ3) is 7.30. The number of hydrogen-bond acceptors (Lipinski definition) is 3. The Balaban J connectivity index is 0.000000276. The molecular weight excluding hydrogens is 324 g/mol. The number of hydrogen-bond donors (Lipinski definition) is 0. The molecule has 0 radical (unpaired) electrons. The number of benzene rings is 1. The summed E-state index contributed by atoms with van der Waals surface area (Å²) < 4.78 is 10.5. The van der Waals surface area contributed by atoms with Crippen molar-refractivity contribution in [3.8, 4) is 5.75 Å². The Morgan fingerprint density at radius 2 is 2.00 bits per heavy atom. The van der Waals surface area contributed by atoms with Crippen molar-refractivity contribution in [2.24, 2.45) is 5.41 Å². The van der Waals surface area contributed by atoms with Crippen LogP contribution in [0.3, 0.4) is 0 Å². The lowest BCUT2D eigenvalue weighted by molar-refractivity contribution is -0.137. The van der Waals surface area contributed by atoms with Crippen LogP contribution in [0.5, 0.6) is 5.75 Å². The SMILES string of the molecule is C/C=C/C(C)=C/C(=O)OCC.CC1=CC(C)(C)COc2ccc(C)cc21. The van der Waals surface area contributed by atoms with Crippen molar-refractivity contribution in [3.63, 3.8) is 0 Å². The largest absolute Gasteiger partial charge is 0.492 e. The molecule has 0 aliphatic carbocycles. The fraction of sp³-hybridized carbons (Fsp3) is 0.435. The van der Waals surface area contributed by atoms with Crippen LogP contribution in [0, 0.1) is 12.3 Å². The molecule has 142 valence electrons. The van der Waals surface area contributed by atoms with Crippen LogP contribution in [0.4, 0.5) is 0 Å². The zero-order valence-corrected chi connectivity index (χ0v) is 17.2. The summed E-state index contributed by atoms with van der Waals surface area (Å²) in [5.41, 5.74) is 4.87. The van der Waals surface area contributed by atoms with Crippen LogP contribution in [0.2, 0.25) is 0 Å². The molecule has 3 nitrogen and oxygen atoms in total. The summed E-state index contributed by atoms with van der Waals surface area (Å²) in [4.78, 5) is 10.8. The predicted molar refractivity (Wildman–Crippen MR) is 109 cm³/mol. The second-order valence-electron chi connectivity index (χ2n) is 7.24. The first-order valence-corrected chi connectivity index (χ1v) is 9.09. The van der Waals surface area contributed by atoms with Gasteiger partial charge in [0.1, 0.15) is 5.75 Å². The number of carbonyl (C=O) groups is 1. The molecule has 1 aliphatic heterocycles. The zero-order chi connectivity index (χ0) is 19.7. The highest BCUT2D eigenvalue weighted by molar-refractivity contribution is 5.83. The van der Waals surface area contributed by atoms with Gasteiger partial charge >= 0.3 is 5.97 Å².